The van der Waals surface area contributed by atoms with Crippen LogP contribution in [0.1, 0.15) is 13.3 Å². The molecule has 4 N–H and O–H groups in total. The molecule has 0 aliphatic heterocycles. The fraction of sp³-hybridized carbons (Fsp3) is 0.500. The van der Waals surface area contributed by atoms with Crippen LogP contribution in [0.2, 0.25) is 0 Å². The molecule has 0 aromatic rings. The Bertz CT molecular complexity index is 113. The van der Waals surface area contributed by atoms with Crippen molar-refractivity contribution < 1.29 is 0 Å². The van der Waals surface area contributed by atoms with Crippen LogP contribution in [-0.2, 0) is 0 Å². The summed E-state index contributed by atoms with van der Waals surface area (Å²) >= 11 is 0. The Labute approximate surface area is 55.4 Å². The summed E-state index contributed by atoms with van der Waals surface area (Å²) in [6, 6.07) is 0.160. The molecule has 0 aromatic carbocycles. The smallest absolute Gasteiger partial charge is 0.186 e. The molecule has 0 heterocycles. The molecule has 0 amide bonds. The van der Waals surface area contributed by atoms with Gasteiger partial charge in [-0.05, 0) is 13.3 Å². The topological polar surface area (TPSA) is 64.4 Å². The van der Waals surface area contributed by atoms with Crippen LogP contribution >= 0.6 is 0 Å². The third kappa shape index (κ3) is 4.87. The van der Waals surface area contributed by atoms with Gasteiger partial charge < -0.3 is 11.5 Å². The molecule has 0 radical (unpaired) electrons. The molecular formula is C6H13N3. The third-order valence-electron chi connectivity index (χ3n) is 0.877. The van der Waals surface area contributed by atoms with Crippen LogP contribution in [0, 0.1) is 0 Å². The van der Waals surface area contributed by atoms with E-state index in [4.69, 9.17) is 11.5 Å². The fourth-order valence-electron chi connectivity index (χ4n) is 0.548. The normalized spacial score (nSPS) is 12.1. The number of rotatable bonds is 3. The minimum atomic E-state index is 0.143. The Hall–Kier alpha value is -0.990. The van der Waals surface area contributed by atoms with Gasteiger partial charge in [0.05, 0.1) is 6.04 Å². The summed E-state index contributed by atoms with van der Waals surface area (Å²) in [5, 5.41) is 0. The predicted molar refractivity (Wildman–Crippen MR) is 40.1 cm³/mol. The van der Waals surface area contributed by atoms with Gasteiger partial charge in [0.2, 0.25) is 0 Å². The molecule has 0 aliphatic rings. The minimum absolute atomic E-state index is 0.143. The lowest BCUT2D eigenvalue weighted by Gasteiger charge is -2.00. The van der Waals surface area contributed by atoms with E-state index in [0.29, 0.717) is 0 Å². The van der Waals surface area contributed by atoms with Crippen LogP contribution in [0.25, 0.3) is 0 Å². The number of hydrogen-bond donors (Lipinski definition) is 2. The summed E-state index contributed by atoms with van der Waals surface area (Å²) in [6.45, 7) is 5.49. The number of aliphatic imine (C=N–C) groups is 1. The minimum Gasteiger partial charge on any atom is -0.370 e. The molecule has 9 heavy (non-hydrogen) atoms. The highest BCUT2D eigenvalue weighted by Gasteiger charge is 1.93. The number of nitrogens with zero attached hydrogens (tertiary/aromatic N) is 1. The second kappa shape index (κ2) is 3.95. The van der Waals surface area contributed by atoms with Crippen molar-refractivity contribution in [3.05, 3.63) is 12.7 Å². The molecule has 3 heteroatoms. The largest absolute Gasteiger partial charge is 0.370 e. The van der Waals surface area contributed by atoms with Crippen LogP contribution in [0.4, 0.5) is 0 Å². The fourth-order valence-corrected chi connectivity index (χ4v) is 0.548. The van der Waals surface area contributed by atoms with Crippen molar-refractivity contribution in [2.75, 3.05) is 0 Å². The first-order valence-corrected chi connectivity index (χ1v) is 2.86. The average Bonchev–Trinajstić information content (AvgIpc) is 1.63. The van der Waals surface area contributed by atoms with Gasteiger partial charge in [0.25, 0.3) is 0 Å². The third-order valence-corrected chi connectivity index (χ3v) is 0.877. The molecule has 0 fully saturated rings. The van der Waals surface area contributed by atoms with Crippen molar-refractivity contribution in [3.8, 4) is 0 Å². The van der Waals surface area contributed by atoms with E-state index in [1.54, 1.807) is 6.08 Å². The van der Waals surface area contributed by atoms with Gasteiger partial charge in [-0.15, -0.1) is 6.58 Å². The van der Waals surface area contributed by atoms with Crippen molar-refractivity contribution in [3.63, 3.8) is 0 Å². The molecule has 52 valence electrons. The summed E-state index contributed by atoms with van der Waals surface area (Å²) in [4.78, 5) is 3.87. The monoisotopic (exact) mass is 127 g/mol. The van der Waals surface area contributed by atoms with Crippen molar-refractivity contribution in [1.29, 1.82) is 0 Å². The van der Waals surface area contributed by atoms with E-state index in [2.05, 4.69) is 11.6 Å². The second-order valence-corrected chi connectivity index (χ2v) is 1.93. The van der Waals surface area contributed by atoms with E-state index >= 15 is 0 Å². The zero-order valence-corrected chi connectivity index (χ0v) is 5.67. The Morgan fingerprint density at radius 2 is 2.33 bits per heavy atom. The highest BCUT2D eigenvalue weighted by molar-refractivity contribution is 5.75. The second-order valence-electron chi connectivity index (χ2n) is 1.93. The summed E-state index contributed by atoms with van der Waals surface area (Å²) in [5.41, 5.74) is 10.2. The van der Waals surface area contributed by atoms with Gasteiger partial charge >= 0.3 is 0 Å². The van der Waals surface area contributed by atoms with Crippen LogP contribution in [0.5, 0.6) is 0 Å². The van der Waals surface area contributed by atoms with E-state index in [1.165, 1.54) is 0 Å². The standard InChI is InChI=1S/C6H13N3/c1-3-4-5(2)9-6(7)8/h3,5H,1,4H2,2H3,(H4,7,8,9). The molecule has 0 spiro atoms. The zero-order valence-electron chi connectivity index (χ0n) is 5.67. The summed E-state index contributed by atoms with van der Waals surface area (Å²) in [7, 11) is 0. The van der Waals surface area contributed by atoms with Gasteiger partial charge in [-0.2, -0.15) is 0 Å². The van der Waals surface area contributed by atoms with Gasteiger partial charge in [-0.1, -0.05) is 6.08 Å². The average molecular weight is 127 g/mol. The van der Waals surface area contributed by atoms with Gasteiger partial charge in [-0.25, -0.2) is 0 Å². The van der Waals surface area contributed by atoms with Crippen molar-refractivity contribution >= 4 is 5.96 Å². The Kier molecular flexibility index (Phi) is 3.51. The number of guanidine groups is 1. The molecule has 0 saturated heterocycles. The van der Waals surface area contributed by atoms with Gasteiger partial charge in [0.1, 0.15) is 0 Å². The van der Waals surface area contributed by atoms with Gasteiger partial charge in [0.15, 0.2) is 5.96 Å². The van der Waals surface area contributed by atoms with Crippen molar-refractivity contribution in [1.82, 2.24) is 0 Å². The quantitative estimate of drug-likeness (QED) is 0.323. The van der Waals surface area contributed by atoms with Crippen molar-refractivity contribution in [2.24, 2.45) is 16.5 Å². The Balaban J connectivity index is 3.61. The number of hydrogen-bond acceptors (Lipinski definition) is 1. The lowest BCUT2D eigenvalue weighted by Crippen LogP contribution is -2.24. The van der Waals surface area contributed by atoms with Crippen LogP contribution in [0.3, 0.4) is 0 Å². The molecule has 0 aromatic heterocycles. The molecule has 3 nitrogen and oxygen atoms in total. The maximum absolute atomic E-state index is 5.12. The van der Waals surface area contributed by atoms with Gasteiger partial charge in [-0.3, -0.25) is 4.99 Å². The molecular weight excluding hydrogens is 114 g/mol. The van der Waals surface area contributed by atoms with Gasteiger partial charge in [0, 0.05) is 0 Å². The lowest BCUT2D eigenvalue weighted by molar-refractivity contribution is 0.757. The van der Waals surface area contributed by atoms with Crippen LogP contribution < -0.4 is 11.5 Å². The van der Waals surface area contributed by atoms with E-state index in [-0.39, 0.29) is 12.0 Å². The molecule has 1 unspecified atom stereocenters. The SMILES string of the molecule is C=CCC(C)N=C(N)N. The summed E-state index contributed by atoms with van der Waals surface area (Å²) in [6.07, 6.45) is 2.61. The number of nitrogens with two attached hydrogens (primary N) is 2. The van der Waals surface area contributed by atoms with E-state index in [9.17, 15) is 0 Å². The molecule has 0 rings (SSSR count). The lowest BCUT2D eigenvalue weighted by atomic mass is 10.2. The molecule has 1 atom stereocenters. The molecule has 0 bridgehead atoms. The van der Waals surface area contributed by atoms with E-state index < -0.39 is 0 Å². The van der Waals surface area contributed by atoms with Crippen LogP contribution in [-0.4, -0.2) is 12.0 Å². The predicted octanol–water partition coefficient (Wildman–Crippen LogP) is 0.224. The maximum Gasteiger partial charge on any atom is 0.186 e. The summed E-state index contributed by atoms with van der Waals surface area (Å²) < 4.78 is 0. The first-order valence-electron chi connectivity index (χ1n) is 2.86. The molecule has 0 aliphatic carbocycles. The van der Waals surface area contributed by atoms with Crippen LogP contribution in [0.15, 0.2) is 17.6 Å². The highest BCUT2D eigenvalue weighted by Crippen LogP contribution is 1.94. The Morgan fingerprint density at radius 1 is 1.78 bits per heavy atom. The van der Waals surface area contributed by atoms with Crippen molar-refractivity contribution in [2.45, 2.75) is 19.4 Å². The summed E-state index contributed by atoms with van der Waals surface area (Å²) in [5.74, 6) is 0.143. The first kappa shape index (κ1) is 8.01. The van der Waals surface area contributed by atoms with E-state index in [0.717, 1.165) is 6.42 Å². The highest BCUT2D eigenvalue weighted by atomic mass is 15.0. The first-order chi connectivity index (χ1) is 4.16. The Morgan fingerprint density at radius 3 is 2.67 bits per heavy atom. The maximum atomic E-state index is 5.12. The van der Waals surface area contributed by atoms with E-state index in [1.807, 2.05) is 6.92 Å². The molecule has 0 saturated carbocycles. The zero-order chi connectivity index (χ0) is 7.28.